The van der Waals surface area contributed by atoms with Crippen molar-refractivity contribution in [3.05, 3.63) is 0 Å². The molecule has 0 aromatic rings. The lowest BCUT2D eigenvalue weighted by Crippen LogP contribution is -2.18. The van der Waals surface area contributed by atoms with Crippen LogP contribution >= 0.6 is 12.6 Å². The highest BCUT2D eigenvalue weighted by molar-refractivity contribution is 7.80. The van der Waals surface area contributed by atoms with Gasteiger partial charge in [-0.25, -0.2) is 0 Å². The molecule has 0 aliphatic rings. The molecule has 0 saturated heterocycles. The largest absolute Gasteiger partial charge is 0.382 e. The fraction of sp³-hybridized carbons (Fsp3) is 1.00. The molecule has 0 N–H and O–H groups in total. The van der Waals surface area contributed by atoms with Gasteiger partial charge in [0.1, 0.15) is 0 Å². The van der Waals surface area contributed by atoms with Gasteiger partial charge in [0.2, 0.25) is 0 Å². The summed E-state index contributed by atoms with van der Waals surface area (Å²) >= 11 is 4.32. The van der Waals surface area contributed by atoms with Gasteiger partial charge >= 0.3 is 0 Å². The molecule has 1 unspecified atom stereocenters. The third kappa shape index (κ3) is 9.46. The van der Waals surface area contributed by atoms with Gasteiger partial charge in [0.15, 0.2) is 0 Å². The van der Waals surface area contributed by atoms with E-state index < -0.39 is 0 Å². The van der Waals surface area contributed by atoms with E-state index in [1.807, 2.05) is 0 Å². The van der Waals surface area contributed by atoms with Crippen LogP contribution in [0, 0.1) is 11.8 Å². The summed E-state index contributed by atoms with van der Waals surface area (Å²) in [6.07, 6.45) is 0.946. The van der Waals surface area contributed by atoms with Gasteiger partial charge in [-0.05, 0) is 24.0 Å². The van der Waals surface area contributed by atoms with E-state index in [9.17, 15) is 0 Å². The van der Waals surface area contributed by atoms with Crippen LogP contribution < -0.4 is 0 Å². The number of rotatable bonds is 11. The second-order valence-electron chi connectivity index (χ2n) is 4.22. The van der Waals surface area contributed by atoms with Crippen LogP contribution in [0.15, 0.2) is 0 Å². The van der Waals surface area contributed by atoms with Gasteiger partial charge in [0.05, 0.1) is 19.8 Å². The normalized spacial score (nSPS) is 13.3. The molecule has 0 heterocycles. The molecule has 0 aromatic heterocycles. The van der Waals surface area contributed by atoms with E-state index in [0.717, 1.165) is 32.0 Å². The smallest absolute Gasteiger partial charge is 0.0700 e. The first kappa shape index (κ1) is 16.2. The molecular formula is C12H26O3S. The summed E-state index contributed by atoms with van der Waals surface area (Å²) in [6.45, 7) is 8.06. The molecule has 0 aromatic carbocycles. The average molecular weight is 250 g/mol. The summed E-state index contributed by atoms with van der Waals surface area (Å²) in [5, 5.41) is 0. The summed E-state index contributed by atoms with van der Waals surface area (Å²) in [5.41, 5.74) is 0. The lowest BCUT2D eigenvalue weighted by Gasteiger charge is -2.18. The second kappa shape index (κ2) is 11.7. The van der Waals surface area contributed by atoms with E-state index in [4.69, 9.17) is 14.2 Å². The van der Waals surface area contributed by atoms with Crippen LogP contribution in [0.1, 0.15) is 20.3 Å². The first-order chi connectivity index (χ1) is 7.72. The molecule has 3 nitrogen and oxygen atoms in total. The monoisotopic (exact) mass is 250 g/mol. The molecule has 16 heavy (non-hydrogen) atoms. The van der Waals surface area contributed by atoms with Crippen LogP contribution in [0.2, 0.25) is 0 Å². The first-order valence-corrected chi connectivity index (χ1v) is 6.60. The van der Waals surface area contributed by atoms with Crippen LogP contribution in [-0.2, 0) is 14.2 Å². The van der Waals surface area contributed by atoms with Crippen molar-refractivity contribution in [2.45, 2.75) is 20.3 Å². The Bertz CT molecular complexity index is 142. The van der Waals surface area contributed by atoms with Gasteiger partial charge in [0.25, 0.3) is 0 Å². The Morgan fingerprint density at radius 1 is 1.00 bits per heavy atom. The molecule has 0 amide bonds. The molecule has 0 fully saturated rings. The van der Waals surface area contributed by atoms with E-state index in [-0.39, 0.29) is 0 Å². The summed E-state index contributed by atoms with van der Waals surface area (Å²) < 4.78 is 15.8. The third-order valence-electron chi connectivity index (χ3n) is 2.52. The molecule has 0 saturated carbocycles. The van der Waals surface area contributed by atoms with Gasteiger partial charge in [-0.1, -0.05) is 13.8 Å². The zero-order valence-electron chi connectivity index (χ0n) is 10.8. The first-order valence-electron chi connectivity index (χ1n) is 5.97. The fourth-order valence-corrected chi connectivity index (χ4v) is 1.73. The van der Waals surface area contributed by atoms with Gasteiger partial charge in [-0.15, -0.1) is 0 Å². The van der Waals surface area contributed by atoms with Gasteiger partial charge in [0, 0.05) is 20.3 Å². The quantitative estimate of drug-likeness (QED) is 0.450. The summed E-state index contributed by atoms with van der Waals surface area (Å²) in [4.78, 5) is 0. The topological polar surface area (TPSA) is 27.7 Å². The fourth-order valence-electron chi connectivity index (χ4n) is 1.20. The van der Waals surface area contributed by atoms with Crippen LogP contribution in [-0.4, -0.2) is 45.9 Å². The van der Waals surface area contributed by atoms with Crippen molar-refractivity contribution in [1.29, 1.82) is 0 Å². The van der Waals surface area contributed by atoms with Crippen molar-refractivity contribution in [3.8, 4) is 0 Å². The molecule has 0 rings (SSSR count). The zero-order chi connectivity index (χ0) is 12.2. The standard InChI is InChI=1S/C12H26O3S/c1-11(2)12(10-16)9-15-6-4-5-14-8-7-13-3/h11-12,16H,4-10H2,1-3H3. The molecule has 1 atom stereocenters. The summed E-state index contributed by atoms with van der Waals surface area (Å²) in [7, 11) is 1.68. The van der Waals surface area contributed by atoms with E-state index in [0.29, 0.717) is 25.0 Å². The molecule has 0 spiro atoms. The molecule has 0 aliphatic carbocycles. The third-order valence-corrected chi connectivity index (χ3v) is 2.99. The van der Waals surface area contributed by atoms with Crippen LogP contribution in [0.5, 0.6) is 0 Å². The molecule has 98 valence electrons. The van der Waals surface area contributed by atoms with E-state index in [1.54, 1.807) is 7.11 Å². The molecule has 0 bridgehead atoms. The average Bonchev–Trinajstić information content (AvgIpc) is 2.26. The van der Waals surface area contributed by atoms with Crippen LogP contribution in [0.3, 0.4) is 0 Å². The van der Waals surface area contributed by atoms with Crippen molar-refractivity contribution in [3.63, 3.8) is 0 Å². The Kier molecular flexibility index (Phi) is 11.9. The molecule has 0 aliphatic heterocycles. The van der Waals surface area contributed by atoms with Crippen molar-refractivity contribution in [2.24, 2.45) is 11.8 Å². The number of ether oxygens (including phenoxy) is 3. The van der Waals surface area contributed by atoms with Crippen molar-refractivity contribution < 1.29 is 14.2 Å². The molecule has 0 radical (unpaired) electrons. The predicted octanol–water partition coefficient (Wildman–Crippen LogP) is 2.26. The maximum absolute atomic E-state index is 5.59. The Morgan fingerprint density at radius 3 is 2.25 bits per heavy atom. The Labute approximate surface area is 105 Å². The minimum atomic E-state index is 0.553. The second-order valence-corrected chi connectivity index (χ2v) is 4.59. The number of methoxy groups -OCH3 is 1. The highest BCUT2D eigenvalue weighted by atomic mass is 32.1. The summed E-state index contributed by atoms with van der Waals surface area (Å²) in [6, 6.07) is 0. The lowest BCUT2D eigenvalue weighted by atomic mass is 9.99. The Balaban J connectivity index is 3.19. The SMILES string of the molecule is COCCOCCCOCC(CS)C(C)C. The van der Waals surface area contributed by atoms with Crippen LogP contribution in [0.25, 0.3) is 0 Å². The highest BCUT2D eigenvalue weighted by Crippen LogP contribution is 2.12. The van der Waals surface area contributed by atoms with E-state index in [1.165, 1.54) is 0 Å². The minimum Gasteiger partial charge on any atom is -0.382 e. The zero-order valence-corrected chi connectivity index (χ0v) is 11.7. The summed E-state index contributed by atoms with van der Waals surface area (Å²) in [5.74, 6) is 2.08. The highest BCUT2D eigenvalue weighted by Gasteiger charge is 2.10. The van der Waals surface area contributed by atoms with Crippen molar-refractivity contribution in [2.75, 3.05) is 45.9 Å². The maximum Gasteiger partial charge on any atom is 0.0700 e. The number of hydrogen-bond donors (Lipinski definition) is 1. The minimum absolute atomic E-state index is 0.553. The maximum atomic E-state index is 5.59. The van der Waals surface area contributed by atoms with Gasteiger partial charge in [-0.3, -0.25) is 0 Å². The van der Waals surface area contributed by atoms with E-state index >= 15 is 0 Å². The van der Waals surface area contributed by atoms with Crippen LogP contribution in [0.4, 0.5) is 0 Å². The van der Waals surface area contributed by atoms with Crippen molar-refractivity contribution >= 4 is 12.6 Å². The van der Waals surface area contributed by atoms with E-state index in [2.05, 4.69) is 26.5 Å². The molecule has 4 heteroatoms. The Hall–Kier alpha value is 0.230. The van der Waals surface area contributed by atoms with Crippen molar-refractivity contribution in [1.82, 2.24) is 0 Å². The van der Waals surface area contributed by atoms with Gasteiger partial charge in [-0.2, -0.15) is 12.6 Å². The number of thiol groups is 1. The Morgan fingerprint density at radius 2 is 1.69 bits per heavy atom. The molecular weight excluding hydrogens is 224 g/mol. The predicted molar refractivity (Wildman–Crippen MR) is 70.3 cm³/mol. The van der Waals surface area contributed by atoms with Gasteiger partial charge < -0.3 is 14.2 Å². The lowest BCUT2D eigenvalue weighted by molar-refractivity contribution is 0.0425. The number of hydrogen-bond acceptors (Lipinski definition) is 4.